The number of nitrogens with zero attached hydrogens (tertiary/aromatic N) is 1. The molecule has 3 atom stereocenters. The minimum atomic E-state index is 0.281. The van der Waals surface area contributed by atoms with Crippen LogP contribution in [0.3, 0.4) is 0 Å². The Balaban J connectivity index is 1.92. The lowest BCUT2D eigenvalue weighted by Crippen LogP contribution is -2.27. The molecule has 2 rings (SSSR count). The van der Waals surface area contributed by atoms with E-state index in [4.69, 9.17) is 0 Å². The quantitative estimate of drug-likeness (QED) is 0.821. The highest BCUT2D eigenvalue weighted by Crippen LogP contribution is 2.34. The molecule has 0 bridgehead atoms. The fraction of sp³-hybridized carbons (Fsp3) is 0.714. The lowest BCUT2D eigenvalue weighted by Gasteiger charge is -2.31. The highest BCUT2D eigenvalue weighted by molar-refractivity contribution is 7.09. The van der Waals surface area contributed by atoms with Crippen LogP contribution >= 0.6 is 11.3 Å². The van der Waals surface area contributed by atoms with Crippen molar-refractivity contribution in [3.63, 3.8) is 0 Å². The first-order valence-electron chi connectivity index (χ1n) is 6.50. The predicted molar refractivity (Wildman–Crippen MR) is 71.2 cm³/mol. The van der Waals surface area contributed by atoms with E-state index in [0.29, 0.717) is 18.1 Å². The van der Waals surface area contributed by atoms with Crippen LogP contribution in [0.4, 0.5) is 0 Å². The zero-order valence-corrected chi connectivity index (χ0v) is 11.7. The monoisotopic (exact) mass is 251 g/mol. The first-order chi connectivity index (χ1) is 8.06. The van der Waals surface area contributed by atoms with Crippen molar-refractivity contribution in [2.45, 2.75) is 46.5 Å². The molecule has 1 aromatic rings. The van der Waals surface area contributed by atoms with E-state index in [-0.39, 0.29) is 5.92 Å². The van der Waals surface area contributed by atoms with Crippen LogP contribution in [0, 0.1) is 24.7 Å². The smallest absolute Gasteiger partial charge is 0.141 e. The Morgan fingerprint density at radius 3 is 2.76 bits per heavy atom. The molecule has 0 saturated heterocycles. The van der Waals surface area contributed by atoms with Gasteiger partial charge in [-0.25, -0.2) is 4.98 Å². The highest BCUT2D eigenvalue weighted by atomic mass is 32.1. The number of thiazole rings is 1. The first-order valence-corrected chi connectivity index (χ1v) is 7.38. The standard InChI is InChI=1S/C14H21NOS/c1-9-4-5-12(6-10(9)2)14(16)7-13-8-17-11(3)15-13/h8-10,12H,4-7H2,1-3H3. The van der Waals surface area contributed by atoms with Crippen LogP contribution in [0.5, 0.6) is 0 Å². The van der Waals surface area contributed by atoms with Crippen LogP contribution in [0.1, 0.15) is 43.8 Å². The van der Waals surface area contributed by atoms with Gasteiger partial charge in [-0.15, -0.1) is 11.3 Å². The SMILES string of the molecule is Cc1nc(CC(=O)C2CCC(C)C(C)C2)cs1. The summed E-state index contributed by atoms with van der Waals surface area (Å²) in [4.78, 5) is 16.6. The molecule has 1 aromatic heterocycles. The van der Waals surface area contributed by atoms with Crippen molar-refractivity contribution in [1.82, 2.24) is 4.98 Å². The number of hydrogen-bond acceptors (Lipinski definition) is 3. The Bertz CT molecular complexity index is 399. The molecule has 0 N–H and O–H groups in total. The predicted octanol–water partition coefficient (Wildman–Crippen LogP) is 3.64. The third-order valence-electron chi connectivity index (χ3n) is 4.08. The fourth-order valence-electron chi connectivity index (χ4n) is 2.65. The molecule has 1 aliphatic carbocycles. The van der Waals surface area contributed by atoms with Gasteiger partial charge in [-0.1, -0.05) is 13.8 Å². The van der Waals surface area contributed by atoms with E-state index in [2.05, 4.69) is 18.8 Å². The Morgan fingerprint density at radius 1 is 1.41 bits per heavy atom. The molecular weight excluding hydrogens is 230 g/mol. The van der Waals surface area contributed by atoms with Crippen molar-refractivity contribution >= 4 is 17.1 Å². The second kappa shape index (κ2) is 5.30. The maximum absolute atomic E-state index is 12.2. The Morgan fingerprint density at radius 2 is 2.18 bits per heavy atom. The van der Waals surface area contributed by atoms with E-state index in [1.807, 2.05) is 12.3 Å². The van der Waals surface area contributed by atoms with E-state index in [1.54, 1.807) is 11.3 Å². The Hall–Kier alpha value is -0.700. The van der Waals surface area contributed by atoms with Crippen molar-refractivity contribution in [2.75, 3.05) is 0 Å². The van der Waals surface area contributed by atoms with E-state index in [1.165, 1.54) is 6.42 Å². The third kappa shape index (κ3) is 3.15. The summed E-state index contributed by atoms with van der Waals surface area (Å²) >= 11 is 1.63. The number of hydrogen-bond donors (Lipinski definition) is 0. The van der Waals surface area contributed by atoms with Crippen LogP contribution in [0.15, 0.2) is 5.38 Å². The van der Waals surface area contributed by atoms with Gasteiger partial charge in [0.1, 0.15) is 5.78 Å². The van der Waals surface area contributed by atoms with E-state index < -0.39 is 0 Å². The van der Waals surface area contributed by atoms with E-state index in [9.17, 15) is 4.79 Å². The topological polar surface area (TPSA) is 30.0 Å². The average Bonchev–Trinajstić information content (AvgIpc) is 2.68. The van der Waals surface area contributed by atoms with Crippen molar-refractivity contribution in [3.05, 3.63) is 16.1 Å². The second-order valence-corrected chi connectivity index (χ2v) is 6.53. The summed E-state index contributed by atoms with van der Waals surface area (Å²) in [5.74, 6) is 2.15. The molecule has 1 fully saturated rings. The van der Waals surface area contributed by atoms with E-state index in [0.717, 1.165) is 29.5 Å². The molecule has 1 saturated carbocycles. The van der Waals surface area contributed by atoms with Crippen molar-refractivity contribution in [2.24, 2.45) is 17.8 Å². The molecule has 3 heteroatoms. The minimum absolute atomic E-state index is 0.281. The molecule has 0 amide bonds. The lowest BCUT2D eigenvalue weighted by atomic mass is 9.74. The molecule has 1 heterocycles. The molecule has 2 nitrogen and oxygen atoms in total. The van der Waals surface area contributed by atoms with Crippen molar-refractivity contribution in [1.29, 1.82) is 0 Å². The molecule has 94 valence electrons. The average molecular weight is 251 g/mol. The van der Waals surface area contributed by atoms with Gasteiger partial charge in [-0.2, -0.15) is 0 Å². The number of ketones is 1. The Labute approximate surface area is 107 Å². The van der Waals surface area contributed by atoms with Crippen molar-refractivity contribution in [3.8, 4) is 0 Å². The van der Waals surface area contributed by atoms with E-state index >= 15 is 0 Å². The lowest BCUT2D eigenvalue weighted by molar-refractivity contribution is -0.124. The molecular formula is C14H21NOS. The molecule has 0 radical (unpaired) electrons. The maximum Gasteiger partial charge on any atom is 0.141 e. The van der Waals surface area contributed by atoms with Crippen LogP contribution < -0.4 is 0 Å². The summed E-state index contributed by atoms with van der Waals surface area (Å²) in [6.07, 6.45) is 3.89. The van der Waals surface area contributed by atoms with Gasteiger partial charge in [-0.3, -0.25) is 4.79 Å². The summed E-state index contributed by atoms with van der Waals surface area (Å²) in [7, 11) is 0. The summed E-state index contributed by atoms with van der Waals surface area (Å²) < 4.78 is 0. The summed E-state index contributed by atoms with van der Waals surface area (Å²) in [6, 6.07) is 0. The highest BCUT2D eigenvalue weighted by Gasteiger charge is 2.29. The summed E-state index contributed by atoms with van der Waals surface area (Å²) in [5.41, 5.74) is 0.962. The van der Waals surface area contributed by atoms with Crippen LogP contribution in [0.25, 0.3) is 0 Å². The molecule has 1 aliphatic rings. The normalized spacial score (nSPS) is 29.2. The number of aryl methyl sites for hydroxylation is 1. The fourth-order valence-corrected chi connectivity index (χ4v) is 3.26. The molecule has 0 spiro atoms. The summed E-state index contributed by atoms with van der Waals surface area (Å²) in [6.45, 7) is 6.56. The summed E-state index contributed by atoms with van der Waals surface area (Å²) in [5, 5.41) is 3.07. The number of carbonyl (C=O) groups excluding carboxylic acids is 1. The third-order valence-corrected chi connectivity index (χ3v) is 4.90. The van der Waals surface area contributed by atoms with Gasteiger partial charge in [0, 0.05) is 17.7 Å². The van der Waals surface area contributed by atoms with Gasteiger partial charge in [0.05, 0.1) is 10.7 Å². The van der Waals surface area contributed by atoms with Gasteiger partial charge in [0.15, 0.2) is 0 Å². The van der Waals surface area contributed by atoms with Gasteiger partial charge in [-0.05, 0) is 38.0 Å². The van der Waals surface area contributed by atoms with Crippen LogP contribution in [0.2, 0.25) is 0 Å². The van der Waals surface area contributed by atoms with Gasteiger partial charge in [0.2, 0.25) is 0 Å². The number of aromatic nitrogens is 1. The zero-order chi connectivity index (χ0) is 12.4. The largest absolute Gasteiger partial charge is 0.299 e. The zero-order valence-electron chi connectivity index (χ0n) is 10.9. The molecule has 3 unspecified atom stereocenters. The molecule has 0 aromatic carbocycles. The number of rotatable bonds is 3. The van der Waals surface area contributed by atoms with Crippen molar-refractivity contribution < 1.29 is 4.79 Å². The molecule has 0 aliphatic heterocycles. The maximum atomic E-state index is 12.2. The van der Waals surface area contributed by atoms with Gasteiger partial charge in [0.25, 0.3) is 0 Å². The minimum Gasteiger partial charge on any atom is -0.299 e. The number of Topliss-reactive ketones (excluding diaryl/α,β-unsaturated/α-hetero) is 1. The van der Waals surface area contributed by atoms with Gasteiger partial charge < -0.3 is 0 Å². The second-order valence-electron chi connectivity index (χ2n) is 5.47. The van der Waals surface area contributed by atoms with Crippen LogP contribution in [-0.2, 0) is 11.2 Å². The molecule has 17 heavy (non-hydrogen) atoms. The first kappa shape index (κ1) is 12.7. The van der Waals surface area contributed by atoms with Crippen LogP contribution in [-0.4, -0.2) is 10.8 Å². The number of carbonyl (C=O) groups is 1. The Kier molecular flexibility index (Phi) is 3.97. The van der Waals surface area contributed by atoms with Gasteiger partial charge >= 0.3 is 0 Å².